The second kappa shape index (κ2) is 5.46. The summed E-state index contributed by atoms with van der Waals surface area (Å²) in [5, 5.41) is 2.69. The third-order valence-corrected chi connectivity index (χ3v) is 4.79. The van der Waals surface area contributed by atoms with Crippen LogP contribution in [-0.4, -0.2) is 17.6 Å². The molecule has 0 aliphatic carbocycles. The lowest BCUT2D eigenvalue weighted by Crippen LogP contribution is -2.09. The lowest BCUT2D eigenvalue weighted by atomic mass is 9.92. The Morgan fingerprint density at radius 1 is 1.16 bits per heavy atom. The molecule has 19 heavy (non-hydrogen) atoms. The predicted octanol–water partition coefficient (Wildman–Crippen LogP) is 4.85. The maximum absolute atomic E-state index is 6.06. The number of thioether (sulfide) groups is 1. The van der Waals surface area contributed by atoms with Crippen molar-refractivity contribution in [1.82, 2.24) is 0 Å². The Hall–Kier alpha value is -1.15. The fourth-order valence-corrected chi connectivity index (χ4v) is 4.05. The monoisotopic (exact) mass is 272 g/mol. The summed E-state index contributed by atoms with van der Waals surface area (Å²) in [6.07, 6.45) is 1.50. The molecule has 0 aromatic heterocycles. The fraction of sp³-hybridized carbons (Fsp3) is 0.412. The van der Waals surface area contributed by atoms with Crippen LogP contribution in [0.4, 0.5) is 0 Å². The van der Waals surface area contributed by atoms with Gasteiger partial charge in [0.2, 0.25) is 0 Å². The molecule has 0 radical (unpaired) electrons. The van der Waals surface area contributed by atoms with E-state index in [0.717, 1.165) is 5.75 Å². The van der Waals surface area contributed by atoms with Crippen LogP contribution in [0.25, 0.3) is 10.8 Å². The van der Waals surface area contributed by atoms with E-state index >= 15 is 0 Å². The summed E-state index contributed by atoms with van der Waals surface area (Å²) >= 11 is 2.06. The van der Waals surface area contributed by atoms with Gasteiger partial charge in [0.05, 0.1) is 6.10 Å². The van der Waals surface area contributed by atoms with Gasteiger partial charge in [0.25, 0.3) is 0 Å². The molecule has 0 N–H and O–H groups in total. The highest BCUT2D eigenvalue weighted by Gasteiger charge is 2.23. The van der Waals surface area contributed by atoms with Gasteiger partial charge < -0.3 is 4.74 Å². The van der Waals surface area contributed by atoms with Crippen LogP contribution in [-0.2, 0) is 0 Å². The third kappa shape index (κ3) is 2.59. The molecule has 1 nitrogen and oxygen atoms in total. The summed E-state index contributed by atoms with van der Waals surface area (Å²) in [6.45, 7) is 4.20. The zero-order valence-corrected chi connectivity index (χ0v) is 12.4. The van der Waals surface area contributed by atoms with Crippen LogP contribution in [0.5, 0.6) is 5.75 Å². The lowest BCUT2D eigenvalue weighted by molar-refractivity contribution is 0.239. The molecule has 1 saturated heterocycles. The van der Waals surface area contributed by atoms with Crippen molar-refractivity contribution in [2.45, 2.75) is 32.3 Å². The number of benzene rings is 2. The van der Waals surface area contributed by atoms with Crippen molar-refractivity contribution < 1.29 is 4.74 Å². The quantitative estimate of drug-likeness (QED) is 0.790. The van der Waals surface area contributed by atoms with Crippen molar-refractivity contribution >= 4 is 22.5 Å². The van der Waals surface area contributed by atoms with E-state index in [4.69, 9.17) is 4.74 Å². The molecule has 1 fully saturated rings. The van der Waals surface area contributed by atoms with Crippen molar-refractivity contribution in [3.8, 4) is 5.75 Å². The molecule has 0 spiro atoms. The van der Waals surface area contributed by atoms with Crippen LogP contribution >= 0.6 is 11.8 Å². The maximum atomic E-state index is 6.06. The molecule has 1 unspecified atom stereocenters. The second-order valence-corrected chi connectivity index (χ2v) is 6.58. The van der Waals surface area contributed by atoms with Crippen molar-refractivity contribution in [3.63, 3.8) is 0 Å². The van der Waals surface area contributed by atoms with E-state index in [-0.39, 0.29) is 6.10 Å². The van der Waals surface area contributed by atoms with Crippen LogP contribution in [0.3, 0.4) is 0 Å². The minimum absolute atomic E-state index is 0.231. The SMILES string of the molecule is CC(C)Oc1ccc2ccccc2c1C1CCSC1. The Balaban J connectivity index is 2.15. The maximum Gasteiger partial charge on any atom is 0.123 e. The van der Waals surface area contributed by atoms with E-state index in [9.17, 15) is 0 Å². The molecule has 3 rings (SSSR count). The zero-order valence-electron chi connectivity index (χ0n) is 11.6. The minimum atomic E-state index is 0.231. The Morgan fingerprint density at radius 2 is 2.00 bits per heavy atom. The Bertz CT molecular complexity index is 570. The second-order valence-electron chi connectivity index (χ2n) is 5.43. The Morgan fingerprint density at radius 3 is 2.74 bits per heavy atom. The normalized spacial score (nSPS) is 19.2. The van der Waals surface area contributed by atoms with Crippen molar-refractivity contribution in [3.05, 3.63) is 42.0 Å². The lowest BCUT2D eigenvalue weighted by Gasteiger charge is -2.20. The van der Waals surface area contributed by atoms with Gasteiger partial charge >= 0.3 is 0 Å². The standard InChI is InChI=1S/C17H20OS/c1-12(2)18-16-8-7-13-5-3-4-6-15(13)17(16)14-9-10-19-11-14/h3-8,12,14H,9-11H2,1-2H3. The summed E-state index contributed by atoms with van der Waals surface area (Å²) in [4.78, 5) is 0. The summed E-state index contributed by atoms with van der Waals surface area (Å²) < 4.78 is 6.06. The van der Waals surface area contributed by atoms with E-state index in [1.807, 2.05) is 0 Å². The summed E-state index contributed by atoms with van der Waals surface area (Å²) in [5.74, 6) is 4.23. The van der Waals surface area contributed by atoms with Crippen LogP contribution in [0.2, 0.25) is 0 Å². The molecule has 1 atom stereocenters. The molecule has 1 heterocycles. The van der Waals surface area contributed by atoms with Gasteiger partial charge in [-0.3, -0.25) is 0 Å². The number of hydrogen-bond acceptors (Lipinski definition) is 2. The first kappa shape index (κ1) is 12.9. The molecule has 1 aliphatic rings. The first-order valence-corrected chi connectivity index (χ1v) is 8.17. The molecule has 0 bridgehead atoms. The third-order valence-electron chi connectivity index (χ3n) is 3.63. The van der Waals surface area contributed by atoms with Crippen LogP contribution < -0.4 is 4.74 Å². The predicted molar refractivity (Wildman–Crippen MR) is 84.4 cm³/mol. The highest BCUT2D eigenvalue weighted by Crippen LogP contribution is 2.41. The molecule has 2 aromatic rings. The number of hydrogen-bond donors (Lipinski definition) is 0. The number of rotatable bonds is 3. The van der Waals surface area contributed by atoms with Gasteiger partial charge in [0.15, 0.2) is 0 Å². The Kier molecular flexibility index (Phi) is 3.69. The smallest absolute Gasteiger partial charge is 0.123 e. The van der Waals surface area contributed by atoms with Crippen molar-refractivity contribution in [2.75, 3.05) is 11.5 Å². The highest BCUT2D eigenvalue weighted by molar-refractivity contribution is 7.99. The average molecular weight is 272 g/mol. The van der Waals surface area contributed by atoms with Gasteiger partial charge in [-0.2, -0.15) is 11.8 Å². The van der Waals surface area contributed by atoms with Gasteiger partial charge in [-0.05, 0) is 48.8 Å². The fourth-order valence-electron chi connectivity index (χ4n) is 2.82. The number of ether oxygens (including phenoxy) is 1. The van der Waals surface area contributed by atoms with Gasteiger partial charge in [0, 0.05) is 11.3 Å². The van der Waals surface area contributed by atoms with Crippen LogP contribution in [0, 0.1) is 0 Å². The molecule has 0 saturated carbocycles. The van der Waals surface area contributed by atoms with E-state index in [2.05, 4.69) is 62.0 Å². The summed E-state index contributed by atoms with van der Waals surface area (Å²) in [7, 11) is 0. The van der Waals surface area contributed by atoms with Gasteiger partial charge in [-0.25, -0.2) is 0 Å². The van der Waals surface area contributed by atoms with E-state index in [1.165, 1.54) is 34.3 Å². The zero-order chi connectivity index (χ0) is 13.2. The first-order chi connectivity index (χ1) is 9.25. The molecule has 2 aromatic carbocycles. The first-order valence-electron chi connectivity index (χ1n) is 7.02. The van der Waals surface area contributed by atoms with Crippen molar-refractivity contribution in [2.24, 2.45) is 0 Å². The highest BCUT2D eigenvalue weighted by atomic mass is 32.2. The number of fused-ring (bicyclic) bond motifs is 1. The molecular formula is C17H20OS. The van der Waals surface area contributed by atoms with Gasteiger partial charge in [-0.15, -0.1) is 0 Å². The van der Waals surface area contributed by atoms with Gasteiger partial charge in [0.1, 0.15) is 5.75 Å². The topological polar surface area (TPSA) is 9.23 Å². The van der Waals surface area contributed by atoms with Crippen molar-refractivity contribution in [1.29, 1.82) is 0 Å². The van der Waals surface area contributed by atoms with E-state index in [1.54, 1.807) is 0 Å². The van der Waals surface area contributed by atoms with E-state index < -0.39 is 0 Å². The summed E-state index contributed by atoms with van der Waals surface area (Å²) in [5.41, 5.74) is 1.43. The minimum Gasteiger partial charge on any atom is -0.491 e. The summed E-state index contributed by atoms with van der Waals surface area (Å²) in [6, 6.07) is 13.0. The Labute approximate surface area is 119 Å². The van der Waals surface area contributed by atoms with Gasteiger partial charge in [-0.1, -0.05) is 30.3 Å². The molecular weight excluding hydrogens is 252 g/mol. The average Bonchev–Trinajstić information content (AvgIpc) is 2.91. The van der Waals surface area contributed by atoms with Crippen LogP contribution in [0.15, 0.2) is 36.4 Å². The largest absolute Gasteiger partial charge is 0.491 e. The molecule has 2 heteroatoms. The van der Waals surface area contributed by atoms with Crippen LogP contribution in [0.1, 0.15) is 31.7 Å². The molecule has 1 aliphatic heterocycles. The molecule has 100 valence electrons. The molecule has 0 amide bonds. The van der Waals surface area contributed by atoms with E-state index in [0.29, 0.717) is 5.92 Å².